The number of aryl methyl sites for hydroxylation is 2. The number of carbonyl (C=O) groups is 2. The Morgan fingerprint density at radius 1 is 1.25 bits per heavy atom. The smallest absolute Gasteiger partial charge is 0.225 e. The maximum absolute atomic E-state index is 12.6. The molecule has 3 rings (SSSR count). The van der Waals surface area contributed by atoms with Crippen LogP contribution in [0.5, 0.6) is 0 Å². The number of benzene rings is 1. The topological polar surface area (TPSA) is 67.2 Å². The summed E-state index contributed by atoms with van der Waals surface area (Å²) in [7, 11) is 0. The van der Waals surface area contributed by atoms with Crippen molar-refractivity contribution in [2.45, 2.75) is 46.7 Å². The minimum atomic E-state index is -0.278. The van der Waals surface area contributed by atoms with Crippen LogP contribution in [0.25, 0.3) is 0 Å². The molecule has 6 heteroatoms. The Morgan fingerprint density at radius 3 is 2.61 bits per heavy atom. The summed E-state index contributed by atoms with van der Waals surface area (Å²) >= 11 is 0. The second-order valence-electron chi connectivity index (χ2n) is 7.99. The molecule has 0 aliphatic carbocycles. The molecular weight excluding hydrogens is 352 g/mol. The third-order valence-electron chi connectivity index (χ3n) is 5.49. The fraction of sp³-hybridized carbons (Fsp3) is 0.500. The number of hydrogen-bond donors (Lipinski definition) is 1. The minimum absolute atomic E-state index is 0.0172. The predicted octanol–water partition coefficient (Wildman–Crippen LogP) is 2.86. The predicted molar refractivity (Wildman–Crippen MR) is 109 cm³/mol. The van der Waals surface area contributed by atoms with E-state index < -0.39 is 0 Å². The van der Waals surface area contributed by atoms with Gasteiger partial charge in [-0.05, 0) is 38.3 Å². The molecule has 1 aliphatic rings. The molecule has 1 aliphatic heterocycles. The zero-order chi connectivity index (χ0) is 20.3. The molecule has 0 bridgehead atoms. The average Bonchev–Trinajstić information content (AvgIpc) is 3.21. The van der Waals surface area contributed by atoms with Crippen molar-refractivity contribution in [2.75, 3.05) is 13.1 Å². The number of nitrogens with zero attached hydrogens (tertiary/aromatic N) is 3. The molecule has 0 radical (unpaired) electrons. The van der Waals surface area contributed by atoms with E-state index in [4.69, 9.17) is 0 Å². The molecule has 1 fully saturated rings. The van der Waals surface area contributed by atoms with E-state index in [2.05, 4.69) is 23.4 Å². The van der Waals surface area contributed by atoms with Crippen LogP contribution < -0.4 is 5.32 Å². The molecule has 1 saturated heterocycles. The second-order valence-corrected chi connectivity index (χ2v) is 7.99. The first-order valence-corrected chi connectivity index (χ1v) is 9.98. The third kappa shape index (κ3) is 4.61. The Balaban J connectivity index is 1.51. The van der Waals surface area contributed by atoms with Crippen molar-refractivity contribution in [3.8, 4) is 0 Å². The van der Waals surface area contributed by atoms with E-state index in [-0.39, 0.29) is 36.1 Å². The molecular formula is C22H30N4O2. The lowest BCUT2D eigenvalue weighted by molar-refractivity contribution is -0.130. The van der Waals surface area contributed by atoms with Gasteiger partial charge in [0.1, 0.15) is 0 Å². The normalized spacial score (nSPS) is 18.9. The summed E-state index contributed by atoms with van der Waals surface area (Å²) in [6.07, 6.45) is 0.287. The van der Waals surface area contributed by atoms with Gasteiger partial charge in [-0.2, -0.15) is 5.10 Å². The van der Waals surface area contributed by atoms with Crippen molar-refractivity contribution in [1.29, 1.82) is 0 Å². The van der Waals surface area contributed by atoms with E-state index in [0.717, 1.165) is 23.5 Å². The quantitative estimate of drug-likeness (QED) is 0.801. The van der Waals surface area contributed by atoms with Gasteiger partial charge in [-0.15, -0.1) is 0 Å². The van der Waals surface area contributed by atoms with E-state index in [1.54, 1.807) is 0 Å². The highest BCUT2D eigenvalue weighted by atomic mass is 16.2. The molecule has 28 heavy (non-hydrogen) atoms. The molecule has 6 nitrogen and oxygen atoms in total. The van der Waals surface area contributed by atoms with E-state index in [9.17, 15) is 9.59 Å². The van der Waals surface area contributed by atoms with Crippen molar-refractivity contribution < 1.29 is 9.59 Å². The molecule has 1 aromatic heterocycles. The molecule has 0 spiro atoms. The fourth-order valence-electron chi connectivity index (χ4n) is 3.83. The first-order valence-electron chi connectivity index (χ1n) is 9.98. The summed E-state index contributed by atoms with van der Waals surface area (Å²) in [5, 5.41) is 7.51. The lowest BCUT2D eigenvalue weighted by Crippen LogP contribution is -2.36. The Labute approximate surface area is 166 Å². The van der Waals surface area contributed by atoms with Gasteiger partial charge in [0.15, 0.2) is 0 Å². The third-order valence-corrected chi connectivity index (χ3v) is 5.49. The van der Waals surface area contributed by atoms with Crippen molar-refractivity contribution >= 4 is 11.8 Å². The lowest BCUT2D eigenvalue weighted by atomic mass is 10.1. The monoisotopic (exact) mass is 382 g/mol. The average molecular weight is 383 g/mol. The number of nitrogens with one attached hydrogen (secondary N) is 1. The van der Waals surface area contributed by atoms with Crippen molar-refractivity contribution in [3.05, 3.63) is 53.3 Å². The van der Waals surface area contributed by atoms with Gasteiger partial charge in [-0.25, -0.2) is 0 Å². The van der Waals surface area contributed by atoms with Crippen LogP contribution in [0.3, 0.4) is 0 Å². The molecule has 150 valence electrons. The fourth-order valence-corrected chi connectivity index (χ4v) is 3.83. The molecule has 1 N–H and O–H groups in total. The number of carbonyl (C=O) groups excluding carboxylic acids is 2. The highest BCUT2D eigenvalue weighted by Crippen LogP contribution is 2.28. The van der Waals surface area contributed by atoms with Crippen LogP contribution in [-0.2, 0) is 16.1 Å². The summed E-state index contributed by atoms with van der Waals surface area (Å²) in [5.74, 6) is 0.00136. The molecule has 0 saturated carbocycles. The van der Waals surface area contributed by atoms with Crippen LogP contribution in [0.2, 0.25) is 0 Å². The molecule has 3 atom stereocenters. The van der Waals surface area contributed by atoms with Crippen LogP contribution in [0.1, 0.15) is 43.3 Å². The summed E-state index contributed by atoms with van der Waals surface area (Å²) in [4.78, 5) is 26.9. The maximum Gasteiger partial charge on any atom is 0.225 e. The Morgan fingerprint density at radius 2 is 1.96 bits per heavy atom. The number of hydrogen-bond acceptors (Lipinski definition) is 3. The van der Waals surface area contributed by atoms with E-state index in [1.165, 1.54) is 0 Å². The highest BCUT2D eigenvalue weighted by molar-refractivity contribution is 5.89. The van der Waals surface area contributed by atoms with E-state index >= 15 is 0 Å². The Hall–Kier alpha value is -2.63. The van der Waals surface area contributed by atoms with Crippen molar-refractivity contribution in [3.63, 3.8) is 0 Å². The first kappa shape index (κ1) is 20.1. The molecule has 0 unspecified atom stereocenters. The Bertz CT molecular complexity index is 830. The summed E-state index contributed by atoms with van der Waals surface area (Å²) < 4.78 is 1.98. The Kier molecular flexibility index (Phi) is 6.17. The van der Waals surface area contributed by atoms with Gasteiger partial charge < -0.3 is 10.2 Å². The SMILES string of the molecule is Cc1cc(C)n(C[C@H](C)CNC(=O)[C@@H]2CC(=O)N([C@H](C)c3ccccc3)C2)n1. The van der Waals surface area contributed by atoms with Crippen LogP contribution in [0.4, 0.5) is 0 Å². The van der Waals surface area contributed by atoms with E-state index in [0.29, 0.717) is 13.1 Å². The number of rotatable bonds is 7. The van der Waals surface area contributed by atoms with Gasteiger partial charge >= 0.3 is 0 Å². The lowest BCUT2D eigenvalue weighted by Gasteiger charge is -2.25. The molecule has 2 heterocycles. The van der Waals surface area contributed by atoms with Crippen LogP contribution >= 0.6 is 0 Å². The summed E-state index contributed by atoms with van der Waals surface area (Å²) in [6, 6.07) is 12.0. The second kappa shape index (κ2) is 8.59. The number of likely N-dealkylation sites (tertiary alicyclic amines) is 1. The van der Waals surface area contributed by atoms with Crippen molar-refractivity contribution in [1.82, 2.24) is 20.0 Å². The standard InChI is InChI=1S/C22H30N4O2/c1-15(13-26-17(3)10-16(2)24-26)12-23-22(28)20-11-21(27)25(14-20)18(4)19-8-6-5-7-9-19/h5-10,15,18,20H,11-14H2,1-4H3,(H,23,28)/t15-,18-,20-/m1/s1. The summed E-state index contributed by atoms with van der Waals surface area (Å²) in [6.45, 7) is 9.96. The van der Waals surface area contributed by atoms with Crippen LogP contribution in [0, 0.1) is 25.7 Å². The van der Waals surface area contributed by atoms with Gasteiger partial charge in [-0.1, -0.05) is 37.3 Å². The zero-order valence-corrected chi connectivity index (χ0v) is 17.2. The summed E-state index contributed by atoms with van der Waals surface area (Å²) in [5.41, 5.74) is 3.23. The largest absolute Gasteiger partial charge is 0.355 e. The highest BCUT2D eigenvalue weighted by Gasteiger charge is 2.36. The van der Waals surface area contributed by atoms with E-state index in [1.807, 2.05) is 60.7 Å². The molecule has 1 aromatic carbocycles. The zero-order valence-electron chi connectivity index (χ0n) is 17.2. The van der Waals surface area contributed by atoms with Gasteiger partial charge in [-0.3, -0.25) is 14.3 Å². The van der Waals surface area contributed by atoms with Crippen LogP contribution in [0.15, 0.2) is 36.4 Å². The van der Waals surface area contributed by atoms with Gasteiger partial charge in [0.05, 0.1) is 17.7 Å². The first-order chi connectivity index (χ1) is 13.3. The minimum Gasteiger partial charge on any atom is -0.355 e. The van der Waals surface area contributed by atoms with Crippen LogP contribution in [-0.4, -0.2) is 39.6 Å². The van der Waals surface area contributed by atoms with Crippen molar-refractivity contribution in [2.24, 2.45) is 11.8 Å². The maximum atomic E-state index is 12.6. The van der Waals surface area contributed by atoms with Gasteiger partial charge in [0.25, 0.3) is 0 Å². The van der Waals surface area contributed by atoms with Gasteiger partial charge in [0.2, 0.25) is 11.8 Å². The molecule has 2 aromatic rings. The molecule has 2 amide bonds. The number of amides is 2. The van der Waals surface area contributed by atoms with Gasteiger partial charge in [0, 0.05) is 31.7 Å². The number of aromatic nitrogens is 2.